The van der Waals surface area contributed by atoms with Crippen molar-refractivity contribution in [2.75, 3.05) is 33.3 Å². The van der Waals surface area contributed by atoms with Gasteiger partial charge in [-0.05, 0) is 33.6 Å². The van der Waals surface area contributed by atoms with Crippen LogP contribution in [0.4, 0.5) is 8.78 Å². The molecule has 0 bridgehead atoms. The lowest BCUT2D eigenvalue weighted by Gasteiger charge is -2.34. The van der Waals surface area contributed by atoms with Gasteiger partial charge in [0, 0.05) is 26.2 Å². The van der Waals surface area contributed by atoms with Gasteiger partial charge in [0.1, 0.15) is 0 Å². The molecule has 9 heteroatoms. The summed E-state index contributed by atoms with van der Waals surface area (Å²) in [7, 11) is 1.40. The molecule has 0 aromatic heterocycles. The molecule has 1 aliphatic heterocycles. The zero-order valence-corrected chi connectivity index (χ0v) is 15.1. The van der Waals surface area contributed by atoms with E-state index in [0.717, 1.165) is 0 Å². The predicted octanol–water partition coefficient (Wildman–Crippen LogP) is 3.22. The van der Waals surface area contributed by atoms with Gasteiger partial charge in [-0.15, -0.1) is 24.8 Å². The summed E-state index contributed by atoms with van der Waals surface area (Å²) < 4.78 is 32.3. The molecule has 22 heavy (non-hydrogen) atoms. The molecule has 0 unspecified atom stereocenters. The number of halogens is 5. The Kier molecular flexibility index (Phi) is 9.57. The lowest BCUT2D eigenvalue weighted by Crippen LogP contribution is -2.46. The SMILES string of the molecule is COc1cc([C@@H](C(F)F)N2CCNCC2)cc(Br)c1O.Cl.Cl. The van der Waals surface area contributed by atoms with E-state index >= 15 is 0 Å². The van der Waals surface area contributed by atoms with E-state index in [1.54, 1.807) is 4.90 Å². The summed E-state index contributed by atoms with van der Waals surface area (Å²) in [6.07, 6.45) is -2.51. The summed E-state index contributed by atoms with van der Waals surface area (Å²) >= 11 is 3.17. The zero-order valence-electron chi connectivity index (χ0n) is 11.9. The number of benzene rings is 1. The summed E-state index contributed by atoms with van der Waals surface area (Å²) in [5.41, 5.74) is 0.434. The molecule has 0 spiro atoms. The molecule has 0 aliphatic carbocycles. The van der Waals surface area contributed by atoms with Crippen LogP contribution in [0.15, 0.2) is 16.6 Å². The third kappa shape index (κ3) is 4.83. The Morgan fingerprint density at radius 2 is 1.86 bits per heavy atom. The third-order valence-corrected chi connectivity index (χ3v) is 4.00. The Morgan fingerprint density at radius 1 is 1.27 bits per heavy atom. The molecule has 2 rings (SSSR count). The molecule has 2 N–H and O–H groups in total. The van der Waals surface area contributed by atoms with Crippen LogP contribution in [-0.2, 0) is 0 Å². The first-order valence-electron chi connectivity index (χ1n) is 6.34. The highest BCUT2D eigenvalue weighted by atomic mass is 79.9. The second-order valence-electron chi connectivity index (χ2n) is 4.62. The topological polar surface area (TPSA) is 44.7 Å². The van der Waals surface area contributed by atoms with Crippen molar-refractivity contribution in [1.82, 2.24) is 10.2 Å². The molecule has 1 aliphatic rings. The number of alkyl halides is 2. The van der Waals surface area contributed by atoms with Gasteiger partial charge in [0.05, 0.1) is 17.6 Å². The van der Waals surface area contributed by atoms with E-state index in [1.165, 1.54) is 19.2 Å². The van der Waals surface area contributed by atoms with Crippen molar-refractivity contribution in [1.29, 1.82) is 0 Å². The fraction of sp³-hybridized carbons (Fsp3) is 0.538. The lowest BCUT2D eigenvalue weighted by atomic mass is 10.0. The van der Waals surface area contributed by atoms with Gasteiger partial charge in [-0.25, -0.2) is 8.78 Å². The Morgan fingerprint density at radius 3 is 2.36 bits per heavy atom. The van der Waals surface area contributed by atoms with Crippen LogP contribution in [0, 0.1) is 0 Å². The first kappa shape index (κ1) is 21.7. The van der Waals surface area contributed by atoms with Crippen LogP contribution in [0.5, 0.6) is 11.5 Å². The van der Waals surface area contributed by atoms with Gasteiger partial charge >= 0.3 is 0 Å². The van der Waals surface area contributed by atoms with E-state index in [2.05, 4.69) is 21.2 Å². The number of nitrogens with zero attached hydrogens (tertiary/aromatic N) is 1. The number of phenolic OH excluding ortho intramolecular Hbond substituents is 1. The molecule has 0 radical (unpaired) electrons. The van der Waals surface area contributed by atoms with Crippen molar-refractivity contribution in [3.8, 4) is 11.5 Å². The van der Waals surface area contributed by atoms with Crippen LogP contribution in [0.2, 0.25) is 0 Å². The smallest absolute Gasteiger partial charge is 0.258 e. The highest BCUT2D eigenvalue weighted by Gasteiger charge is 2.31. The van der Waals surface area contributed by atoms with Crippen LogP contribution in [0.3, 0.4) is 0 Å². The number of hydrogen-bond acceptors (Lipinski definition) is 4. The highest BCUT2D eigenvalue weighted by molar-refractivity contribution is 9.10. The lowest BCUT2D eigenvalue weighted by molar-refractivity contribution is 0.0180. The number of aromatic hydroxyl groups is 1. The van der Waals surface area contributed by atoms with Gasteiger partial charge in [-0.2, -0.15) is 0 Å². The summed E-state index contributed by atoms with van der Waals surface area (Å²) in [5, 5.41) is 12.9. The number of methoxy groups -OCH3 is 1. The second kappa shape index (κ2) is 9.72. The Bertz CT molecular complexity index is 478. The summed E-state index contributed by atoms with van der Waals surface area (Å²) in [6.45, 7) is 2.52. The van der Waals surface area contributed by atoms with Crippen LogP contribution >= 0.6 is 40.7 Å². The molecule has 4 nitrogen and oxygen atoms in total. The minimum Gasteiger partial charge on any atom is -0.503 e. The molecule has 0 saturated carbocycles. The first-order valence-corrected chi connectivity index (χ1v) is 7.13. The number of nitrogens with one attached hydrogen (secondary N) is 1. The molecular weight excluding hydrogens is 405 g/mol. The molecule has 1 fully saturated rings. The summed E-state index contributed by atoms with van der Waals surface area (Å²) in [5.74, 6) is 0.111. The number of piperazine rings is 1. The Balaban J connectivity index is 0.00000220. The number of phenols is 1. The van der Waals surface area contributed by atoms with Crippen LogP contribution in [0.25, 0.3) is 0 Å². The van der Waals surface area contributed by atoms with Crippen molar-refractivity contribution >= 4 is 40.7 Å². The quantitative estimate of drug-likeness (QED) is 0.780. The summed E-state index contributed by atoms with van der Waals surface area (Å²) in [4.78, 5) is 1.75. The summed E-state index contributed by atoms with van der Waals surface area (Å²) in [6, 6.07) is 2.00. The molecule has 1 heterocycles. The molecule has 128 valence electrons. The van der Waals surface area contributed by atoms with E-state index in [9.17, 15) is 13.9 Å². The van der Waals surface area contributed by atoms with Crippen molar-refractivity contribution in [2.45, 2.75) is 12.5 Å². The maximum Gasteiger partial charge on any atom is 0.258 e. The average molecular weight is 424 g/mol. The van der Waals surface area contributed by atoms with Crippen molar-refractivity contribution in [3.05, 3.63) is 22.2 Å². The van der Waals surface area contributed by atoms with Gasteiger partial charge in [0.2, 0.25) is 0 Å². The monoisotopic (exact) mass is 422 g/mol. The van der Waals surface area contributed by atoms with Crippen molar-refractivity contribution in [2.24, 2.45) is 0 Å². The van der Waals surface area contributed by atoms with E-state index in [1.807, 2.05) is 0 Å². The van der Waals surface area contributed by atoms with Gasteiger partial charge in [0.25, 0.3) is 6.43 Å². The molecular formula is C13H19BrCl2F2N2O2. The molecule has 0 amide bonds. The Hall–Kier alpha value is -0.340. The molecule has 1 saturated heterocycles. The average Bonchev–Trinajstić information content (AvgIpc) is 2.43. The fourth-order valence-electron chi connectivity index (χ4n) is 2.40. The van der Waals surface area contributed by atoms with Gasteiger partial charge in [-0.3, -0.25) is 4.90 Å². The minimum atomic E-state index is -2.51. The number of hydrogen-bond donors (Lipinski definition) is 2. The third-order valence-electron chi connectivity index (χ3n) is 3.40. The van der Waals surface area contributed by atoms with Crippen LogP contribution in [0.1, 0.15) is 11.6 Å². The molecule has 1 atom stereocenters. The van der Waals surface area contributed by atoms with Crippen molar-refractivity contribution in [3.63, 3.8) is 0 Å². The van der Waals surface area contributed by atoms with E-state index in [-0.39, 0.29) is 36.3 Å². The first-order chi connectivity index (χ1) is 9.54. The molecule has 1 aromatic carbocycles. The Labute approximate surface area is 149 Å². The van der Waals surface area contributed by atoms with E-state index in [0.29, 0.717) is 36.2 Å². The maximum atomic E-state index is 13.5. The van der Waals surface area contributed by atoms with Gasteiger partial charge < -0.3 is 15.2 Å². The van der Waals surface area contributed by atoms with Gasteiger partial charge in [-0.1, -0.05) is 0 Å². The normalized spacial score (nSPS) is 16.6. The fourth-order valence-corrected chi connectivity index (χ4v) is 2.86. The van der Waals surface area contributed by atoms with Gasteiger partial charge in [0.15, 0.2) is 11.5 Å². The largest absolute Gasteiger partial charge is 0.503 e. The van der Waals surface area contributed by atoms with Crippen LogP contribution < -0.4 is 10.1 Å². The minimum absolute atomic E-state index is 0. The number of ether oxygens (including phenoxy) is 1. The van der Waals surface area contributed by atoms with Crippen LogP contribution in [-0.4, -0.2) is 49.7 Å². The highest BCUT2D eigenvalue weighted by Crippen LogP contribution is 2.39. The molecule has 1 aromatic rings. The van der Waals surface area contributed by atoms with Crippen molar-refractivity contribution < 1.29 is 18.6 Å². The standard InChI is InChI=1S/C13H17BrF2N2O2.2ClH/c1-20-10-7-8(6-9(14)12(10)19)11(13(15)16)18-4-2-17-3-5-18;;/h6-7,11,13,17,19H,2-5H2,1H3;2*1H/t11-;;/m0../s1. The predicted molar refractivity (Wildman–Crippen MR) is 90.0 cm³/mol. The maximum absolute atomic E-state index is 13.5. The number of rotatable bonds is 4. The van der Waals surface area contributed by atoms with E-state index in [4.69, 9.17) is 4.74 Å². The zero-order chi connectivity index (χ0) is 14.7. The van der Waals surface area contributed by atoms with E-state index < -0.39 is 12.5 Å². The second-order valence-corrected chi connectivity index (χ2v) is 5.47.